The van der Waals surface area contributed by atoms with E-state index in [0.717, 1.165) is 12.0 Å². The van der Waals surface area contributed by atoms with Crippen molar-refractivity contribution in [1.29, 1.82) is 0 Å². The number of hydrogen-bond acceptors (Lipinski definition) is 6. The van der Waals surface area contributed by atoms with Crippen molar-refractivity contribution in [2.24, 2.45) is 0 Å². The van der Waals surface area contributed by atoms with Crippen molar-refractivity contribution in [2.75, 3.05) is 31.2 Å². The quantitative estimate of drug-likeness (QED) is 0.475. The minimum absolute atomic E-state index is 0.00145. The second kappa shape index (κ2) is 9.85. The number of carbonyl (C=O) groups is 4. The Morgan fingerprint density at radius 3 is 2.64 bits per heavy atom. The van der Waals surface area contributed by atoms with Gasteiger partial charge in [0.2, 0.25) is 5.91 Å². The van der Waals surface area contributed by atoms with E-state index in [1.165, 1.54) is 10.5 Å². The Balaban J connectivity index is 1.48. The molecule has 2 heterocycles. The molecule has 0 saturated heterocycles. The summed E-state index contributed by atoms with van der Waals surface area (Å²) < 4.78 is 10.4. The van der Waals surface area contributed by atoms with Crippen LogP contribution in [0, 0.1) is 0 Å². The zero-order valence-electron chi connectivity index (χ0n) is 18.5. The summed E-state index contributed by atoms with van der Waals surface area (Å²) in [5.41, 5.74) is 3.08. The molecule has 0 spiro atoms. The van der Waals surface area contributed by atoms with Gasteiger partial charge in [0.25, 0.3) is 5.91 Å². The van der Waals surface area contributed by atoms with E-state index in [4.69, 9.17) is 9.47 Å². The van der Waals surface area contributed by atoms with E-state index < -0.39 is 5.97 Å². The Labute approximate surface area is 192 Å². The van der Waals surface area contributed by atoms with Crippen molar-refractivity contribution in [3.05, 3.63) is 59.2 Å². The van der Waals surface area contributed by atoms with Gasteiger partial charge in [-0.1, -0.05) is 24.3 Å². The van der Waals surface area contributed by atoms with Gasteiger partial charge in [0, 0.05) is 25.1 Å². The van der Waals surface area contributed by atoms with Crippen LogP contribution in [-0.2, 0) is 32.1 Å². The SMILES string of the molecule is CCOC(=O)CCC(=O)c1ccc2c(c1)N(CC(=O)N1CCc3ccccc3C1)C(=O)CO2. The van der Waals surface area contributed by atoms with E-state index in [9.17, 15) is 19.2 Å². The van der Waals surface area contributed by atoms with Crippen LogP contribution in [0.3, 0.4) is 0 Å². The molecule has 2 aromatic rings. The summed E-state index contributed by atoms with van der Waals surface area (Å²) in [6.45, 7) is 2.77. The number of ketones is 1. The zero-order valence-corrected chi connectivity index (χ0v) is 18.5. The summed E-state index contributed by atoms with van der Waals surface area (Å²) in [5, 5.41) is 0. The summed E-state index contributed by atoms with van der Waals surface area (Å²) in [6.07, 6.45) is 0.755. The van der Waals surface area contributed by atoms with Crippen LogP contribution < -0.4 is 9.64 Å². The van der Waals surface area contributed by atoms with Gasteiger partial charge in [-0.15, -0.1) is 0 Å². The fourth-order valence-electron chi connectivity index (χ4n) is 4.09. The first-order valence-electron chi connectivity index (χ1n) is 11.1. The van der Waals surface area contributed by atoms with Crippen molar-refractivity contribution < 1.29 is 28.7 Å². The summed E-state index contributed by atoms with van der Waals surface area (Å²) >= 11 is 0. The Kier molecular flexibility index (Phi) is 6.72. The topological polar surface area (TPSA) is 93.2 Å². The van der Waals surface area contributed by atoms with Crippen LogP contribution in [0.15, 0.2) is 42.5 Å². The smallest absolute Gasteiger partial charge is 0.306 e. The maximum absolute atomic E-state index is 13.1. The molecule has 8 nitrogen and oxygen atoms in total. The standard InChI is InChI=1S/C25H26N2O6/c1-2-32-25(31)10-8-21(28)18-7-9-22-20(13-18)27(24(30)16-33-22)15-23(29)26-12-11-17-5-3-4-6-19(17)14-26/h3-7,9,13H,2,8,10-12,14-16H2,1H3. The molecule has 33 heavy (non-hydrogen) atoms. The monoisotopic (exact) mass is 450 g/mol. The average molecular weight is 450 g/mol. The van der Waals surface area contributed by atoms with Gasteiger partial charge in [-0.05, 0) is 42.7 Å². The van der Waals surface area contributed by atoms with Crippen molar-refractivity contribution in [2.45, 2.75) is 32.7 Å². The highest BCUT2D eigenvalue weighted by Crippen LogP contribution is 2.33. The van der Waals surface area contributed by atoms with Crippen LogP contribution >= 0.6 is 0 Å². The normalized spacial score (nSPS) is 14.8. The van der Waals surface area contributed by atoms with Gasteiger partial charge in [0.1, 0.15) is 12.3 Å². The number of carbonyl (C=O) groups excluding carboxylic acids is 4. The Bertz CT molecular complexity index is 1100. The van der Waals surface area contributed by atoms with E-state index >= 15 is 0 Å². The van der Waals surface area contributed by atoms with Gasteiger partial charge in [0.15, 0.2) is 12.4 Å². The average Bonchev–Trinajstić information content (AvgIpc) is 2.83. The van der Waals surface area contributed by atoms with E-state index in [1.54, 1.807) is 30.0 Å². The van der Waals surface area contributed by atoms with E-state index in [1.807, 2.05) is 18.2 Å². The highest BCUT2D eigenvalue weighted by molar-refractivity contribution is 6.04. The second-order valence-corrected chi connectivity index (χ2v) is 8.01. The first kappa shape index (κ1) is 22.5. The van der Waals surface area contributed by atoms with E-state index in [0.29, 0.717) is 30.1 Å². The number of nitrogens with zero attached hydrogens (tertiary/aromatic N) is 2. The Hall–Kier alpha value is -3.68. The maximum atomic E-state index is 13.1. The summed E-state index contributed by atoms with van der Waals surface area (Å²) in [6, 6.07) is 12.8. The van der Waals surface area contributed by atoms with Crippen LogP contribution in [0.2, 0.25) is 0 Å². The van der Waals surface area contributed by atoms with Crippen LogP contribution in [0.1, 0.15) is 41.3 Å². The predicted octanol–water partition coefficient (Wildman–Crippen LogP) is 2.52. The number of anilines is 1. The number of ether oxygens (including phenoxy) is 2. The highest BCUT2D eigenvalue weighted by Gasteiger charge is 2.30. The van der Waals surface area contributed by atoms with Crippen LogP contribution in [0.25, 0.3) is 0 Å². The molecule has 2 amide bonds. The third-order valence-corrected chi connectivity index (χ3v) is 5.86. The molecule has 0 saturated carbocycles. The third-order valence-electron chi connectivity index (χ3n) is 5.86. The Morgan fingerprint density at radius 1 is 1.06 bits per heavy atom. The lowest BCUT2D eigenvalue weighted by molar-refractivity contribution is -0.143. The molecule has 0 fully saturated rings. The van der Waals surface area contributed by atoms with E-state index in [2.05, 4.69) is 6.07 Å². The van der Waals surface area contributed by atoms with Gasteiger partial charge < -0.3 is 14.4 Å². The second-order valence-electron chi connectivity index (χ2n) is 8.01. The molecule has 0 bridgehead atoms. The number of amides is 2. The van der Waals surface area contributed by atoms with Crippen LogP contribution in [0.4, 0.5) is 5.69 Å². The van der Waals surface area contributed by atoms with Gasteiger partial charge in [-0.3, -0.25) is 24.1 Å². The van der Waals surface area contributed by atoms with Gasteiger partial charge in [0.05, 0.1) is 18.7 Å². The first-order chi connectivity index (χ1) is 16.0. The largest absolute Gasteiger partial charge is 0.482 e. The van der Waals surface area contributed by atoms with Crippen molar-refractivity contribution in [3.63, 3.8) is 0 Å². The molecule has 4 rings (SSSR count). The van der Waals surface area contributed by atoms with Gasteiger partial charge in [-0.2, -0.15) is 0 Å². The molecule has 0 aromatic heterocycles. The molecule has 2 aliphatic heterocycles. The highest BCUT2D eigenvalue weighted by atomic mass is 16.5. The lowest BCUT2D eigenvalue weighted by Crippen LogP contribution is -2.47. The number of Topliss-reactive ketones (excluding diaryl/α,β-unsaturated/α-hetero) is 1. The lowest BCUT2D eigenvalue weighted by Gasteiger charge is -2.33. The molecule has 2 aromatic carbocycles. The fourth-order valence-corrected chi connectivity index (χ4v) is 4.09. The predicted molar refractivity (Wildman–Crippen MR) is 120 cm³/mol. The van der Waals surface area contributed by atoms with Gasteiger partial charge in [-0.25, -0.2) is 0 Å². The number of hydrogen-bond donors (Lipinski definition) is 0. The maximum Gasteiger partial charge on any atom is 0.306 e. The summed E-state index contributed by atoms with van der Waals surface area (Å²) in [7, 11) is 0. The molecule has 172 valence electrons. The molecule has 0 aliphatic carbocycles. The molecule has 0 atom stereocenters. The van der Waals surface area contributed by atoms with Crippen LogP contribution in [-0.4, -0.2) is 54.8 Å². The van der Waals surface area contributed by atoms with Crippen molar-refractivity contribution in [3.8, 4) is 5.75 Å². The minimum atomic E-state index is -0.433. The summed E-state index contributed by atoms with van der Waals surface area (Å²) in [5.74, 6) is -0.747. The number of rotatable bonds is 7. The Morgan fingerprint density at radius 2 is 1.85 bits per heavy atom. The van der Waals surface area contributed by atoms with E-state index in [-0.39, 0.29) is 50.2 Å². The first-order valence-corrected chi connectivity index (χ1v) is 11.1. The zero-order chi connectivity index (χ0) is 23.4. The van der Waals surface area contributed by atoms with Crippen molar-refractivity contribution in [1.82, 2.24) is 4.90 Å². The molecule has 2 aliphatic rings. The minimum Gasteiger partial charge on any atom is -0.482 e. The number of benzene rings is 2. The fraction of sp³-hybridized carbons (Fsp3) is 0.360. The molecular formula is C25H26N2O6. The molecular weight excluding hydrogens is 424 g/mol. The summed E-state index contributed by atoms with van der Waals surface area (Å²) in [4.78, 5) is 53.0. The van der Waals surface area contributed by atoms with Crippen LogP contribution in [0.5, 0.6) is 5.75 Å². The molecule has 0 unspecified atom stereocenters. The molecule has 0 N–H and O–H groups in total. The molecule has 8 heteroatoms. The molecule has 0 radical (unpaired) electrons. The van der Waals surface area contributed by atoms with Gasteiger partial charge >= 0.3 is 5.97 Å². The van der Waals surface area contributed by atoms with Crippen molar-refractivity contribution >= 4 is 29.3 Å². The third kappa shape index (κ3) is 5.05. The number of fused-ring (bicyclic) bond motifs is 2. The number of esters is 1. The lowest BCUT2D eigenvalue weighted by atomic mass is 10.00.